The third-order valence-corrected chi connectivity index (χ3v) is 4.78. The molecular formula is C15H19NS. The van der Waals surface area contributed by atoms with Crippen LogP contribution in [-0.2, 0) is 6.42 Å². The van der Waals surface area contributed by atoms with E-state index >= 15 is 0 Å². The van der Waals surface area contributed by atoms with Crippen LogP contribution in [0.3, 0.4) is 0 Å². The van der Waals surface area contributed by atoms with Gasteiger partial charge in [-0.05, 0) is 31.1 Å². The van der Waals surface area contributed by atoms with Crippen LogP contribution in [0.15, 0.2) is 29.3 Å². The van der Waals surface area contributed by atoms with E-state index in [1.165, 1.54) is 48.3 Å². The Kier molecular flexibility index (Phi) is 2.99. The molecule has 0 radical (unpaired) electrons. The lowest BCUT2D eigenvalue weighted by Gasteiger charge is -2.38. The summed E-state index contributed by atoms with van der Waals surface area (Å²) in [6, 6.07) is 8.80. The largest absolute Gasteiger partial charge is 0.271 e. The number of rotatable bonds is 0. The van der Waals surface area contributed by atoms with E-state index in [1.807, 2.05) is 0 Å². The molecule has 0 amide bonds. The quantitative estimate of drug-likeness (QED) is 0.671. The second-order valence-corrected chi connectivity index (χ2v) is 6.03. The Morgan fingerprint density at radius 1 is 1.12 bits per heavy atom. The topological polar surface area (TPSA) is 12.4 Å². The molecule has 1 aromatic carbocycles. The molecule has 1 nitrogen and oxygen atoms in total. The van der Waals surface area contributed by atoms with Crippen molar-refractivity contribution in [3.8, 4) is 0 Å². The van der Waals surface area contributed by atoms with E-state index in [0.717, 1.165) is 6.42 Å². The van der Waals surface area contributed by atoms with E-state index in [2.05, 4.69) is 30.5 Å². The molecule has 2 aliphatic rings. The van der Waals surface area contributed by atoms with Gasteiger partial charge in [-0.25, -0.2) is 0 Å². The molecule has 0 N–H and O–H groups in total. The van der Waals surface area contributed by atoms with Crippen LogP contribution in [0.5, 0.6) is 0 Å². The molecule has 0 unspecified atom stereocenters. The van der Waals surface area contributed by atoms with Gasteiger partial charge in [0.2, 0.25) is 0 Å². The Morgan fingerprint density at radius 3 is 2.65 bits per heavy atom. The zero-order chi connectivity index (χ0) is 11.7. The van der Waals surface area contributed by atoms with Crippen LogP contribution in [-0.4, -0.2) is 16.8 Å². The molecule has 1 aliphatic carbocycles. The summed E-state index contributed by atoms with van der Waals surface area (Å²) < 4.78 is 0. The van der Waals surface area contributed by atoms with Gasteiger partial charge in [-0.3, -0.25) is 4.99 Å². The highest BCUT2D eigenvalue weighted by atomic mass is 32.2. The summed E-state index contributed by atoms with van der Waals surface area (Å²) in [5.74, 6) is 0. The smallest absolute Gasteiger partial charge is 0.0983 e. The summed E-state index contributed by atoms with van der Waals surface area (Å²) >= 11 is 1.81. The maximum absolute atomic E-state index is 5.11. The van der Waals surface area contributed by atoms with E-state index in [4.69, 9.17) is 4.99 Å². The van der Waals surface area contributed by atoms with Crippen LogP contribution in [0.4, 0.5) is 0 Å². The lowest BCUT2D eigenvalue weighted by Crippen LogP contribution is -2.36. The van der Waals surface area contributed by atoms with Crippen LogP contribution in [0.25, 0.3) is 0 Å². The van der Waals surface area contributed by atoms with Crippen LogP contribution < -0.4 is 0 Å². The maximum Gasteiger partial charge on any atom is 0.0983 e. The van der Waals surface area contributed by atoms with Gasteiger partial charge in [-0.15, -0.1) is 11.8 Å². The Hall–Kier alpha value is -0.760. The van der Waals surface area contributed by atoms with Crippen molar-refractivity contribution in [3.05, 3.63) is 35.4 Å². The summed E-state index contributed by atoms with van der Waals surface area (Å²) in [6.45, 7) is 0. The van der Waals surface area contributed by atoms with Gasteiger partial charge in [0, 0.05) is 5.56 Å². The van der Waals surface area contributed by atoms with Gasteiger partial charge >= 0.3 is 0 Å². The first kappa shape index (κ1) is 11.3. The van der Waals surface area contributed by atoms with Crippen molar-refractivity contribution in [3.63, 3.8) is 0 Å². The Labute approximate surface area is 108 Å². The summed E-state index contributed by atoms with van der Waals surface area (Å²) in [5, 5.41) is 1.26. The summed E-state index contributed by atoms with van der Waals surface area (Å²) in [4.78, 5) is 5.11. The van der Waals surface area contributed by atoms with Gasteiger partial charge in [-0.2, -0.15) is 0 Å². The highest BCUT2D eigenvalue weighted by Gasteiger charge is 2.35. The third kappa shape index (κ3) is 2.03. The van der Waals surface area contributed by atoms with Crippen molar-refractivity contribution in [1.82, 2.24) is 0 Å². The molecule has 1 spiro atoms. The Bertz CT molecular complexity index is 444. The lowest BCUT2D eigenvalue weighted by atomic mass is 9.76. The molecule has 0 atom stereocenters. The molecule has 0 saturated heterocycles. The SMILES string of the molecule is CSC1=NC2(CCCCC2)Cc2ccccc21. The zero-order valence-electron chi connectivity index (χ0n) is 10.4. The summed E-state index contributed by atoms with van der Waals surface area (Å²) in [6.07, 6.45) is 9.98. The van der Waals surface area contributed by atoms with E-state index < -0.39 is 0 Å². The van der Waals surface area contributed by atoms with Crippen LogP contribution in [0.2, 0.25) is 0 Å². The Morgan fingerprint density at radius 2 is 1.88 bits per heavy atom. The average molecular weight is 245 g/mol. The summed E-state index contributed by atoms with van der Waals surface area (Å²) in [5.41, 5.74) is 3.12. The molecule has 1 aromatic rings. The van der Waals surface area contributed by atoms with Gasteiger partial charge in [-0.1, -0.05) is 43.5 Å². The molecule has 1 saturated carbocycles. The van der Waals surface area contributed by atoms with Gasteiger partial charge in [0.15, 0.2) is 0 Å². The molecule has 0 bridgehead atoms. The fraction of sp³-hybridized carbons (Fsp3) is 0.533. The molecule has 0 aromatic heterocycles. The van der Waals surface area contributed by atoms with Gasteiger partial charge in [0.1, 0.15) is 0 Å². The van der Waals surface area contributed by atoms with Gasteiger partial charge in [0.05, 0.1) is 10.6 Å². The number of hydrogen-bond donors (Lipinski definition) is 0. The number of nitrogens with zero attached hydrogens (tertiary/aromatic N) is 1. The molecule has 1 aliphatic heterocycles. The van der Waals surface area contributed by atoms with Crippen molar-refractivity contribution < 1.29 is 0 Å². The third-order valence-electron chi connectivity index (χ3n) is 4.08. The second kappa shape index (κ2) is 4.49. The van der Waals surface area contributed by atoms with Crippen LogP contribution >= 0.6 is 11.8 Å². The predicted molar refractivity (Wildman–Crippen MR) is 76.0 cm³/mol. The molecule has 90 valence electrons. The number of fused-ring (bicyclic) bond motifs is 1. The second-order valence-electron chi connectivity index (χ2n) is 5.24. The molecule has 1 heterocycles. The van der Waals surface area contributed by atoms with Crippen molar-refractivity contribution in [1.29, 1.82) is 0 Å². The zero-order valence-corrected chi connectivity index (χ0v) is 11.2. The predicted octanol–water partition coefficient (Wildman–Crippen LogP) is 4.06. The number of thioether (sulfide) groups is 1. The minimum atomic E-state index is 0.241. The van der Waals surface area contributed by atoms with Crippen molar-refractivity contribution in [2.75, 3.05) is 6.26 Å². The first-order valence-electron chi connectivity index (χ1n) is 6.55. The minimum Gasteiger partial charge on any atom is -0.271 e. The highest BCUT2D eigenvalue weighted by molar-refractivity contribution is 8.13. The Balaban J connectivity index is 2.03. The minimum absolute atomic E-state index is 0.241. The number of aliphatic imine (C=N–C) groups is 1. The number of hydrogen-bond acceptors (Lipinski definition) is 2. The fourth-order valence-corrected chi connectivity index (χ4v) is 3.91. The van der Waals surface area contributed by atoms with Crippen LogP contribution in [0, 0.1) is 0 Å². The van der Waals surface area contributed by atoms with Crippen molar-refractivity contribution in [2.45, 2.75) is 44.1 Å². The maximum atomic E-state index is 5.11. The highest BCUT2D eigenvalue weighted by Crippen LogP contribution is 2.40. The molecule has 3 rings (SSSR count). The van der Waals surface area contributed by atoms with E-state index in [-0.39, 0.29) is 5.54 Å². The van der Waals surface area contributed by atoms with Crippen molar-refractivity contribution >= 4 is 16.8 Å². The van der Waals surface area contributed by atoms with E-state index in [9.17, 15) is 0 Å². The van der Waals surface area contributed by atoms with Gasteiger partial charge < -0.3 is 0 Å². The normalized spacial score (nSPS) is 22.1. The van der Waals surface area contributed by atoms with Crippen LogP contribution in [0.1, 0.15) is 43.2 Å². The monoisotopic (exact) mass is 245 g/mol. The van der Waals surface area contributed by atoms with Gasteiger partial charge in [0.25, 0.3) is 0 Å². The fourth-order valence-electron chi connectivity index (χ4n) is 3.21. The molecule has 2 heteroatoms. The number of benzene rings is 1. The van der Waals surface area contributed by atoms with Crippen molar-refractivity contribution in [2.24, 2.45) is 4.99 Å². The lowest BCUT2D eigenvalue weighted by molar-refractivity contribution is 0.295. The van der Waals surface area contributed by atoms with E-state index in [0.29, 0.717) is 0 Å². The summed E-state index contributed by atoms with van der Waals surface area (Å²) in [7, 11) is 0. The molecule has 1 fully saturated rings. The molecular weight excluding hydrogens is 226 g/mol. The average Bonchev–Trinajstić information content (AvgIpc) is 2.38. The first-order valence-corrected chi connectivity index (χ1v) is 7.78. The van der Waals surface area contributed by atoms with E-state index in [1.54, 1.807) is 11.8 Å². The molecule has 17 heavy (non-hydrogen) atoms. The standard InChI is InChI=1S/C15H19NS/c1-17-14-13-8-4-3-7-12(13)11-15(16-14)9-5-2-6-10-15/h3-4,7-8H,2,5-6,9-11H2,1H3. The first-order chi connectivity index (χ1) is 8.33.